The van der Waals surface area contributed by atoms with Crippen molar-refractivity contribution in [1.29, 1.82) is 0 Å². The first-order valence-electron chi connectivity index (χ1n) is 9.69. The Morgan fingerprint density at radius 1 is 1.07 bits per heavy atom. The van der Waals surface area contributed by atoms with Crippen LogP contribution in [0.2, 0.25) is 5.02 Å². The number of ether oxygens (including phenoxy) is 2. The normalized spacial score (nSPS) is 15.4. The number of likely N-dealkylation sites (tertiary alicyclic amines) is 1. The lowest BCUT2D eigenvalue weighted by Gasteiger charge is -2.33. The van der Waals surface area contributed by atoms with Crippen molar-refractivity contribution in [2.24, 2.45) is 0 Å². The first kappa shape index (κ1) is 21.0. The molecule has 1 heterocycles. The Hall–Kier alpha value is -2.73. The van der Waals surface area contributed by atoms with Gasteiger partial charge in [-0.3, -0.25) is 9.59 Å². The second kappa shape index (κ2) is 10.2. The van der Waals surface area contributed by atoms with Gasteiger partial charge in [-0.2, -0.15) is 0 Å². The molecule has 1 unspecified atom stereocenters. The van der Waals surface area contributed by atoms with Crippen LogP contribution in [0.15, 0.2) is 54.6 Å². The third kappa shape index (κ3) is 6.39. The standard InChI is InChI=1S/C22H25ClN2O4/c1-16(29-20-9-7-17(23)8-10-20)22(27)25-13-11-18(12-14-25)24-21(26)15-28-19-5-3-2-4-6-19/h2-10,16,18H,11-15H2,1H3,(H,24,26). The number of benzene rings is 2. The molecule has 3 rings (SSSR count). The Morgan fingerprint density at radius 3 is 2.38 bits per heavy atom. The van der Waals surface area contributed by atoms with E-state index in [1.807, 2.05) is 30.3 Å². The van der Waals surface area contributed by atoms with E-state index in [2.05, 4.69) is 5.32 Å². The summed E-state index contributed by atoms with van der Waals surface area (Å²) in [5.41, 5.74) is 0. The van der Waals surface area contributed by atoms with E-state index in [0.717, 1.165) is 0 Å². The summed E-state index contributed by atoms with van der Waals surface area (Å²) < 4.78 is 11.2. The monoisotopic (exact) mass is 416 g/mol. The van der Waals surface area contributed by atoms with Crippen LogP contribution in [-0.4, -0.2) is 48.6 Å². The minimum Gasteiger partial charge on any atom is -0.484 e. The molecule has 2 amide bonds. The highest BCUT2D eigenvalue weighted by atomic mass is 35.5. The summed E-state index contributed by atoms with van der Waals surface area (Å²) in [5, 5.41) is 3.60. The third-order valence-corrected chi connectivity index (χ3v) is 5.01. The minimum atomic E-state index is -0.582. The van der Waals surface area contributed by atoms with Crippen LogP contribution in [0.4, 0.5) is 0 Å². The molecule has 1 aliphatic heterocycles. The Labute approximate surface area is 175 Å². The summed E-state index contributed by atoms with van der Waals surface area (Å²) in [7, 11) is 0. The SMILES string of the molecule is CC(Oc1ccc(Cl)cc1)C(=O)N1CCC(NC(=O)COc2ccccc2)CC1. The second-order valence-electron chi connectivity index (χ2n) is 6.98. The molecule has 1 N–H and O–H groups in total. The molecule has 0 spiro atoms. The molecule has 0 aromatic heterocycles. The largest absolute Gasteiger partial charge is 0.484 e. The molecule has 6 nitrogen and oxygen atoms in total. The lowest BCUT2D eigenvalue weighted by Crippen LogP contribution is -2.50. The summed E-state index contributed by atoms with van der Waals surface area (Å²) in [6, 6.07) is 16.2. The molecule has 0 bridgehead atoms. The van der Waals surface area contributed by atoms with Crippen LogP contribution >= 0.6 is 11.6 Å². The molecular weight excluding hydrogens is 392 g/mol. The maximum atomic E-state index is 12.6. The number of piperidine rings is 1. The summed E-state index contributed by atoms with van der Waals surface area (Å²) >= 11 is 5.86. The number of carbonyl (C=O) groups excluding carboxylic acids is 2. The van der Waals surface area contributed by atoms with Crippen LogP contribution in [0, 0.1) is 0 Å². The number of nitrogens with zero attached hydrogens (tertiary/aromatic N) is 1. The van der Waals surface area contributed by atoms with E-state index in [1.165, 1.54) is 0 Å². The van der Waals surface area contributed by atoms with Gasteiger partial charge in [-0.25, -0.2) is 0 Å². The molecular formula is C22H25ClN2O4. The summed E-state index contributed by atoms with van der Waals surface area (Å²) in [5.74, 6) is 1.06. The van der Waals surface area contributed by atoms with E-state index < -0.39 is 6.10 Å². The molecule has 1 atom stereocenters. The predicted octanol–water partition coefficient (Wildman–Crippen LogP) is 3.29. The van der Waals surface area contributed by atoms with Crippen molar-refractivity contribution in [1.82, 2.24) is 10.2 Å². The van der Waals surface area contributed by atoms with Crippen molar-refractivity contribution >= 4 is 23.4 Å². The van der Waals surface area contributed by atoms with E-state index in [9.17, 15) is 9.59 Å². The van der Waals surface area contributed by atoms with Crippen LogP contribution in [0.5, 0.6) is 11.5 Å². The van der Waals surface area contributed by atoms with Crippen LogP contribution in [-0.2, 0) is 9.59 Å². The zero-order valence-electron chi connectivity index (χ0n) is 16.3. The maximum Gasteiger partial charge on any atom is 0.263 e. The molecule has 0 radical (unpaired) electrons. The number of halogens is 1. The van der Waals surface area contributed by atoms with Crippen LogP contribution in [0.25, 0.3) is 0 Å². The quantitative estimate of drug-likeness (QED) is 0.752. The van der Waals surface area contributed by atoms with Gasteiger partial charge in [0.05, 0.1) is 0 Å². The maximum absolute atomic E-state index is 12.6. The fourth-order valence-corrected chi connectivity index (χ4v) is 3.33. The van der Waals surface area contributed by atoms with E-state index in [4.69, 9.17) is 21.1 Å². The highest BCUT2D eigenvalue weighted by molar-refractivity contribution is 6.30. The van der Waals surface area contributed by atoms with Crippen molar-refractivity contribution in [3.63, 3.8) is 0 Å². The van der Waals surface area contributed by atoms with Gasteiger partial charge in [-0.15, -0.1) is 0 Å². The molecule has 0 saturated carbocycles. The fourth-order valence-electron chi connectivity index (χ4n) is 3.20. The zero-order valence-corrected chi connectivity index (χ0v) is 17.1. The number of carbonyl (C=O) groups is 2. The lowest BCUT2D eigenvalue weighted by molar-refractivity contribution is -0.139. The number of nitrogens with one attached hydrogen (secondary N) is 1. The first-order valence-corrected chi connectivity index (χ1v) is 10.1. The van der Waals surface area contributed by atoms with Gasteiger partial charge in [-0.1, -0.05) is 29.8 Å². The highest BCUT2D eigenvalue weighted by Crippen LogP contribution is 2.18. The summed E-state index contributed by atoms with van der Waals surface area (Å²) in [4.78, 5) is 26.5. The van der Waals surface area contributed by atoms with Gasteiger partial charge in [0.2, 0.25) is 0 Å². The van der Waals surface area contributed by atoms with E-state index >= 15 is 0 Å². The zero-order chi connectivity index (χ0) is 20.6. The van der Waals surface area contributed by atoms with Crippen molar-refractivity contribution in [2.45, 2.75) is 31.9 Å². The lowest BCUT2D eigenvalue weighted by atomic mass is 10.0. The first-order chi connectivity index (χ1) is 14.0. The van der Waals surface area contributed by atoms with Crippen molar-refractivity contribution in [2.75, 3.05) is 19.7 Å². The second-order valence-corrected chi connectivity index (χ2v) is 7.42. The number of hydrogen-bond acceptors (Lipinski definition) is 4. The molecule has 2 aromatic rings. The van der Waals surface area contributed by atoms with Gasteiger partial charge >= 0.3 is 0 Å². The average Bonchev–Trinajstić information content (AvgIpc) is 2.74. The highest BCUT2D eigenvalue weighted by Gasteiger charge is 2.27. The number of amides is 2. The number of hydrogen-bond donors (Lipinski definition) is 1. The van der Waals surface area contributed by atoms with Gasteiger partial charge < -0.3 is 19.7 Å². The van der Waals surface area contributed by atoms with Crippen LogP contribution in [0.1, 0.15) is 19.8 Å². The topological polar surface area (TPSA) is 67.9 Å². The molecule has 2 aromatic carbocycles. The van der Waals surface area contributed by atoms with Gasteiger partial charge in [0.25, 0.3) is 11.8 Å². The summed E-state index contributed by atoms with van der Waals surface area (Å²) in [6.45, 7) is 2.89. The Balaban J connectivity index is 1.39. The van der Waals surface area contributed by atoms with Gasteiger partial charge in [0.15, 0.2) is 12.7 Å². The number of rotatable bonds is 7. The van der Waals surface area contributed by atoms with Crippen LogP contribution in [0.3, 0.4) is 0 Å². The Morgan fingerprint density at radius 2 is 1.72 bits per heavy atom. The van der Waals surface area contributed by atoms with E-state index in [0.29, 0.717) is 42.5 Å². The Bertz CT molecular complexity index is 805. The molecule has 7 heteroatoms. The smallest absolute Gasteiger partial charge is 0.263 e. The van der Waals surface area contributed by atoms with Crippen LogP contribution < -0.4 is 14.8 Å². The minimum absolute atomic E-state index is 0.0187. The van der Waals surface area contributed by atoms with Crippen molar-refractivity contribution in [3.8, 4) is 11.5 Å². The van der Waals surface area contributed by atoms with E-state index in [1.54, 1.807) is 36.1 Å². The van der Waals surface area contributed by atoms with Gasteiger partial charge in [0, 0.05) is 24.2 Å². The van der Waals surface area contributed by atoms with Crippen molar-refractivity contribution in [3.05, 3.63) is 59.6 Å². The summed E-state index contributed by atoms with van der Waals surface area (Å²) in [6.07, 6.45) is 0.828. The van der Waals surface area contributed by atoms with Crippen molar-refractivity contribution < 1.29 is 19.1 Å². The predicted molar refractivity (Wildman–Crippen MR) is 111 cm³/mol. The van der Waals surface area contributed by atoms with Gasteiger partial charge in [0.1, 0.15) is 11.5 Å². The molecule has 29 heavy (non-hydrogen) atoms. The molecule has 154 valence electrons. The van der Waals surface area contributed by atoms with Gasteiger partial charge in [-0.05, 0) is 56.2 Å². The molecule has 1 saturated heterocycles. The molecule has 1 aliphatic rings. The molecule has 0 aliphatic carbocycles. The number of para-hydroxylation sites is 1. The third-order valence-electron chi connectivity index (χ3n) is 4.76. The van der Waals surface area contributed by atoms with E-state index in [-0.39, 0.29) is 24.5 Å². The average molecular weight is 417 g/mol. The Kier molecular flexibility index (Phi) is 7.36. The fraction of sp³-hybridized carbons (Fsp3) is 0.364. The molecule has 1 fully saturated rings.